The van der Waals surface area contributed by atoms with Gasteiger partial charge in [0.05, 0.1) is 37.5 Å². The molecule has 0 saturated carbocycles. The minimum Gasteiger partial charge on any atom is -0.497 e. The topological polar surface area (TPSA) is 79.1 Å². The largest absolute Gasteiger partial charge is 0.497 e. The molecule has 1 aromatic heterocycles. The van der Waals surface area contributed by atoms with Crippen LogP contribution in [0.5, 0.6) is 11.5 Å². The van der Waals surface area contributed by atoms with Crippen molar-refractivity contribution in [3.05, 3.63) is 52.8 Å². The van der Waals surface area contributed by atoms with Gasteiger partial charge in [-0.25, -0.2) is 0 Å². The van der Waals surface area contributed by atoms with Crippen molar-refractivity contribution in [1.29, 1.82) is 0 Å². The van der Waals surface area contributed by atoms with Crippen LogP contribution in [0.1, 0.15) is 23.7 Å². The molecular formula is C21H22N2O5S. The molecule has 0 bridgehead atoms. The van der Waals surface area contributed by atoms with Crippen molar-refractivity contribution >= 4 is 33.4 Å². The normalized spacial score (nSPS) is 11.5. The number of nitrogens with zero attached hydrogens (tertiary/aromatic N) is 2. The fraction of sp³-hybridized carbons (Fsp3) is 0.286. The van der Waals surface area contributed by atoms with E-state index in [4.69, 9.17) is 14.2 Å². The highest BCUT2D eigenvalue weighted by atomic mass is 32.1. The molecule has 0 aliphatic heterocycles. The summed E-state index contributed by atoms with van der Waals surface area (Å²) in [5.41, 5.74) is 1.33. The van der Waals surface area contributed by atoms with Crippen molar-refractivity contribution < 1.29 is 23.8 Å². The van der Waals surface area contributed by atoms with E-state index in [-0.39, 0.29) is 18.3 Å². The van der Waals surface area contributed by atoms with Crippen molar-refractivity contribution in [3.63, 3.8) is 0 Å². The summed E-state index contributed by atoms with van der Waals surface area (Å²) in [6, 6.07) is 12.5. The third-order valence-corrected chi connectivity index (χ3v) is 5.31. The second kappa shape index (κ2) is 9.38. The van der Waals surface area contributed by atoms with Crippen LogP contribution in [0.2, 0.25) is 0 Å². The SMILES string of the molecule is CCOc1ccc(C(=O)N=c2sc3cc(OC)ccc3n2CCC(=O)OC)cc1. The van der Waals surface area contributed by atoms with Crippen molar-refractivity contribution in [2.24, 2.45) is 4.99 Å². The third kappa shape index (κ3) is 4.83. The smallest absolute Gasteiger partial charge is 0.307 e. The lowest BCUT2D eigenvalue weighted by molar-refractivity contribution is -0.140. The van der Waals surface area contributed by atoms with Crippen molar-refractivity contribution in [1.82, 2.24) is 4.57 Å². The first-order chi connectivity index (χ1) is 14.0. The molecule has 0 radical (unpaired) electrons. The van der Waals surface area contributed by atoms with Gasteiger partial charge in [0.2, 0.25) is 0 Å². The highest BCUT2D eigenvalue weighted by Crippen LogP contribution is 2.23. The number of methoxy groups -OCH3 is 2. The predicted molar refractivity (Wildman–Crippen MR) is 111 cm³/mol. The molecule has 0 N–H and O–H groups in total. The van der Waals surface area contributed by atoms with Gasteiger partial charge in [-0.3, -0.25) is 9.59 Å². The summed E-state index contributed by atoms with van der Waals surface area (Å²) in [5, 5.41) is 0. The number of aryl methyl sites for hydroxylation is 1. The van der Waals surface area contributed by atoms with E-state index in [9.17, 15) is 9.59 Å². The van der Waals surface area contributed by atoms with Gasteiger partial charge in [-0.1, -0.05) is 11.3 Å². The highest BCUT2D eigenvalue weighted by molar-refractivity contribution is 7.16. The maximum atomic E-state index is 12.7. The summed E-state index contributed by atoms with van der Waals surface area (Å²) in [5.74, 6) is 0.724. The Morgan fingerprint density at radius 2 is 1.79 bits per heavy atom. The quantitative estimate of drug-likeness (QED) is 0.554. The summed E-state index contributed by atoms with van der Waals surface area (Å²) in [6.45, 7) is 2.81. The van der Waals surface area contributed by atoms with E-state index in [0.717, 1.165) is 10.2 Å². The van der Waals surface area contributed by atoms with Crippen LogP contribution in [0, 0.1) is 0 Å². The number of thiazole rings is 1. The molecule has 0 fully saturated rings. The first-order valence-corrected chi connectivity index (χ1v) is 9.93. The molecule has 0 spiro atoms. The molecule has 2 aromatic carbocycles. The lowest BCUT2D eigenvalue weighted by Crippen LogP contribution is -2.19. The van der Waals surface area contributed by atoms with Gasteiger partial charge in [-0.2, -0.15) is 4.99 Å². The number of aromatic nitrogens is 1. The minimum absolute atomic E-state index is 0.179. The zero-order chi connectivity index (χ0) is 20.8. The van der Waals surface area contributed by atoms with Gasteiger partial charge in [-0.15, -0.1) is 0 Å². The second-order valence-electron chi connectivity index (χ2n) is 6.07. The monoisotopic (exact) mass is 414 g/mol. The van der Waals surface area contributed by atoms with Gasteiger partial charge in [0.15, 0.2) is 4.80 Å². The maximum Gasteiger partial charge on any atom is 0.307 e. The van der Waals surface area contributed by atoms with Crippen molar-refractivity contribution in [3.8, 4) is 11.5 Å². The zero-order valence-electron chi connectivity index (χ0n) is 16.5. The average Bonchev–Trinajstić information content (AvgIpc) is 3.08. The van der Waals surface area contributed by atoms with Crippen LogP contribution in [-0.4, -0.2) is 37.3 Å². The number of rotatable bonds is 7. The molecule has 7 nitrogen and oxygen atoms in total. The minimum atomic E-state index is -0.363. The third-order valence-electron chi connectivity index (χ3n) is 4.27. The van der Waals surface area contributed by atoms with Gasteiger partial charge in [0, 0.05) is 12.1 Å². The fourth-order valence-electron chi connectivity index (χ4n) is 2.80. The Morgan fingerprint density at radius 1 is 1.07 bits per heavy atom. The Morgan fingerprint density at radius 3 is 2.45 bits per heavy atom. The molecule has 0 atom stereocenters. The van der Waals surface area contributed by atoms with Crippen LogP contribution in [0.25, 0.3) is 10.2 Å². The van der Waals surface area contributed by atoms with E-state index in [1.807, 2.05) is 29.7 Å². The number of carbonyl (C=O) groups excluding carboxylic acids is 2. The fourth-order valence-corrected chi connectivity index (χ4v) is 3.88. The van der Waals surface area contributed by atoms with Crippen molar-refractivity contribution in [2.45, 2.75) is 19.9 Å². The first kappa shape index (κ1) is 20.6. The summed E-state index contributed by atoms with van der Waals surface area (Å²) in [4.78, 5) is 29.1. The molecule has 1 heterocycles. The standard InChI is InChI=1S/C21H22N2O5S/c1-4-28-15-7-5-14(6-8-15)20(25)22-21-23(12-11-19(24)27-3)17-10-9-16(26-2)13-18(17)29-21/h5-10,13H,4,11-12H2,1-3H3. The molecule has 1 amide bonds. The Kier molecular flexibility index (Phi) is 6.66. The van der Waals surface area contributed by atoms with Gasteiger partial charge >= 0.3 is 5.97 Å². The summed E-state index contributed by atoms with van der Waals surface area (Å²) in [7, 11) is 2.95. The first-order valence-electron chi connectivity index (χ1n) is 9.11. The predicted octanol–water partition coefficient (Wildman–Crippen LogP) is 3.41. The number of amides is 1. The van der Waals surface area contributed by atoms with Gasteiger partial charge < -0.3 is 18.8 Å². The summed E-state index contributed by atoms with van der Waals surface area (Å²) >= 11 is 1.37. The van der Waals surface area contributed by atoms with Crippen LogP contribution < -0.4 is 14.3 Å². The second-order valence-corrected chi connectivity index (χ2v) is 7.08. The number of fused-ring (bicyclic) bond motifs is 1. The average molecular weight is 414 g/mol. The molecule has 29 heavy (non-hydrogen) atoms. The van der Waals surface area contributed by atoms with Crippen LogP contribution in [-0.2, 0) is 16.1 Å². The van der Waals surface area contributed by atoms with Crippen LogP contribution >= 0.6 is 11.3 Å². The maximum absolute atomic E-state index is 12.7. The Balaban J connectivity index is 2.00. The lowest BCUT2D eigenvalue weighted by Gasteiger charge is -2.05. The molecule has 152 valence electrons. The number of carbonyl (C=O) groups is 2. The molecule has 8 heteroatoms. The van der Waals surface area contributed by atoms with Crippen LogP contribution in [0.4, 0.5) is 0 Å². The number of hydrogen-bond donors (Lipinski definition) is 0. The van der Waals surface area contributed by atoms with Gasteiger partial charge in [0.1, 0.15) is 11.5 Å². The number of ether oxygens (including phenoxy) is 3. The van der Waals surface area contributed by atoms with E-state index in [1.165, 1.54) is 18.4 Å². The van der Waals surface area contributed by atoms with Gasteiger partial charge in [0.25, 0.3) is 5.91 Å². The van der Waals surface area contributed by atoms with Crippen molar-refractivity contribution in [2.75, 3.05) is 20.8 Å². The molecule has 3 rings (SSSR count). The Labute approximate surface area is 172 Å². The number of hydrogen-bond acceptors (Lipinski definition) is 6. The van der Waals surface area contributed by atoms with E-state index in [2.05, 4.69) is 4.99 Å². The van der Waals surface area contributed by atoms with Crippen LogP contribution in [0.3, 0.4) is 0 Å². The van der Waals surface area contributed by atoms with E-state index < -0.39 is 0 Å². The number of benzene rings is 2. The summed E-state index contributed by atoms with van der Waals surface area (Å²) in [6.07, 6.45) is 0.179. The lowest BCUT2D eigenvalue weighted by atomic mass is 10.2. The van der Waals surface area contributed by atoms with E-state index in [0.29, 0.717) is 35.0 Å². The molecule has 0 saturated heterocycles. The number of esters is 1. The Bertz CT molecular complexity index is 1080. The molecule has 0 aliphatic carbocycles. The van der Waals surface area contributed by atoms with E-state index >= 15 is 0 Å². The van der Waals surface area contributed by atoms with E-state index in [1.54, 1.807) is 31.4 Å². The highest BCUT2D eigenvalue weighted by Gasteiger charge is 2.12. The molecule has 0 unspecified atom stereocenters. The zero-order valence-corrected chi connectivity index (χ0v) is 17.3. The summed E-state index contributed by atoms with van der Waals surface area (Å²) < 4.78 is 18.2. The molecule has 3 aromatic rings. The molecular weight excluding hydrogens is 392 g/mol. The van der Waals surface area contributed by atoms with Gasteiger partial charge in [-0.05, 0) is 49.4 Å². The molecule has 0 aliphatic rings. The van der Waals surface area contributed by atoms with Crippen LogP contribution in [0.15, 0.2) is 47.5 Å². The Hall–Kier alpha value is -3.13.